The maximum Gasteiger partial charge on any atom is 0.417 e. The van der Waals surface area contributed by atoms with Gasteiger partial charge in [-0.1, -0.05) is 29.3 Å². The van der Waals surface area contributed by atoms with Crippen LogP contribution in [-0.2, 0) is 19.6 Å². The number of benzene rings is 1. The lowest BCUT2D eigenvalue weighted by Gasteiger charge is -2.39. The van der Waals surface area contributed by atoms with Gasteiger partial charge in [0.15, 0.2) is 6.61 Å². The Balaban J connectivity index is 1.69. The van der Waals surface area contributed by atoms with Crippen LogP contribution in [-0.4, -0.2) is 55.9 Å². The number of sulfonamides is 1. The number of imide groups is 1. The van der Waals surface area contributed by atoms with Crippen molar-refractivity contribution in [3.8, 4) is 0 Å². The zero-order valence-corrected chi connectivity index (χ0v) is 14.1. The van der Waals surface area contributed by atoms with Crippen molar-refractivity contribution in [2.75, 3.05) is 26.2 Å². The second-order valence-electron chi connectivity index (χ2n) is 5.30. The Bertz CT molecular complexity index is 740. The molecule has 0 atom stereocenters. The molecule has 23 heavy (non-hydrogen) atoms. The summed E-state index contributed by atoms with van der Waals surface area (Å²) in [4.78, 5) is 23.7. The minimum Gasteiger partial charge on any atom is -0.439 e. The SMILES string of the molecule is O=C1COC(=O)N1CC1CN(S(=O)(=O)c2c(Cl)cccc2Cl)C1. The molecular weight excluding hydrogens is 367 g/mol. The van der Waals surface area contributed by atoms with E-state index in [4.69, 9.17) is 23.2 Å². The normalized spacial score (nSPS) is 19.8. The molecule has 0 unspecified atom stereocenters. The average Bonchev–Trinajstić information content (AvgIpc) is 2.72. The Hall–Kier alpha value is -1.35. The van der Waals surface area contributed by atoms with Gasteiger partial charge >= 0.3 is 6.09 Å². The molecule has 2 heterocycles. The van der Waals surface area contributed by atoms with Gasteiger partial charge in [-0.05, 0) is 12.1 Å². The number of hydrogen-bond donors (Lipinski definition) is 0. The van der Waals surface area contributed by atoms with Crippen LogP contribution in [0.25, 0.3) is 0 Å². The van der Waals surface area contributed by atoms with Gasteiger partial charge in [-0.25, -0.2) is 18.1 Å². The Labute approximate surface area is 142 Å². The van der Waals surface area contributed by atoms with E-state index in [0.29, 0.717) is 0 Å². The van der Waals surface area contributed by atoms with E-state index in [2.05, 4.69) is 4.74 Å². The molecule has 2 fully saturated rings. The second-order valence-corrected chi connectivity index (χ2v) is 7.99. The fraction of sp³-hybridized carbons (Fsp3) is 0.385. The molecule has 2 aliphatic heterocycles. The van der Waals surface area contributed by atoms with E-state index >= 15 is 0 Å². The van der Waals surface area contributed by atoms with E-state index in [1.165, 1.54) is 16.4 Å². The van der Waals surface area contributed by atoms with Crippen molar-refractivity contribution in [3.05, 3.63) is 28.2 Å². The van der Waals surface area contributed by atoms with Crippen LogP contribution in [0.1, 0.15) is 0 Å². The van der Waals surface area contributed by atoms with Crippen LogP contribution in [0, 0.1) is 5.92 Å². The molecule has 124 valence electrons. The van der Waals surface area contributed by atoms with E-state index in [9.17, 15) is 18.0 Å². The first-order valence-corrected chi connectivity index (χ1v) is 8.91. The summed E-state index contributed by atoms with van der Waals surface area (Å²) in [6, 6.07) is 4.47. The average molecular weight is 379 g/mol. The first-order valence-electron chi connectivity index (χ1n) is 6.72. The molecular formula is C13H12Cl2N2O5S. The number of hydrogen-bond acceptors (Lipinski definition) is 5. The third-order valence-electron chi connectivity index (χ3n) is 3.72. The van der Waals surface area contributed by atoms with E-state index in [0.717, 1.165) is 4.90 Å². The standard InChI is InChI=1S/C13H12Cl2N2O5S/c14-9-2-1-3-10(15)12(9)23(20,21)16-4-8(5-16)6-17-11(18)7-22-13(17)19/h1-3,8H,4-7H2. The van der Waals surface area contributed by atoms with Gasteiger partial charge in [0.1, 0.15) is 4.90 Å². The molecule has 1 aromatic rings. The number of carbonyl (C=O) groups excluding carboxylic acids is 2. The minimum absolute atomic E-state index is 0.0549. The van der Waals surface area contributed by atoms with Crippen LogP contribution < -0.4 is 0 Å². The lowest BCUT2D eigenvalue weighted by Crippen LogP contribution is -2.54. The maximum atomic E-state index is 12.6. The molecule has 3 rings (SSSR count). The third-order valence-corrected chi connectivity index (χ3v) is 6.51. The summed E-state index contributed by atoms with van der Waals surface area (Å²) >= 11 is 11.9. The first-order chi connectivity index (χ1) is 10.8. The van der Waals surface area contributed by atoms with Gasteiger partial charge in [-0.3, -0.25) is 4.79 Å². The summed E-state index contributed by atoms with van der Waals surface area (Å²) < 4.78 is 30.9. The van der Waals surface area contributed by atoms with Crippen molar-refractivity contribution in [3.63, 3.8) is 0 Å². The summed E-state index contributed by atoms with van der Waals surface area (Å²) in [6.07, 6.45) is -0.689. The van der Waals surface area contributed by atoms with E-state index in [1.54, 1.807) is 6.07 Å². The van der Waals surface area contributed by atoms with E-state index in [1.807, 2.05) is 0 Å². The van der Waals surface area contributed by atoms with Crippen LogP contribution in [0.3, 0.4) is 0 Å². The number of carbonyl (C=O) groups is 2. The summed E-state index contributed by atoms with van der Waals surface area (Å²) in [7, 11) is -3.81. The molecule has 2 amide bonds. The van der Waals surface area contributed by atoms with E-state index < -0.39 is 22.0 Å². The number of rotatable bonds is 4. The summed E-state index contributed by atoms with van der Waals surface area (Å²) in [6.45, 7) is 0.241. The molecule has 0 radical (unpaired) electrons. The molecule has 0 aromatic heterocycles. The van der Waals surface area contributed by atoms with Crippen LogP contribution in [0.15, 0.2) is 23.1 Å². The van der Waals surface area contributed by atoms with Crippen molar-refractivity contribution in [1.29, 1.82) is 0 Å². The van der Waals surface area contributed by atoms with Crippen molar-refractivity contribution < 1.29 is 22.7 Å². The van der Waals surface area contributed by atoms with Gasteiger partial charge in [0.2, 0.25) is 10.0 Å². The highest BCUT2D eigenvalue weighted by Gasteiger charge is 2.42. The Kier molecular flexibility index (Phi) is 4.26. The predicted molar refractivity (Wildman–Crippen MR) is 81.8 cm³/mol. The fourth-order valence-corrected chi connectivity index (χ4v) is 5.19. The number of nitrogens with zero attached hydrogens (tertiary/aromatic N) is 2. The smallest absolute Gasteiger partial charge is 0.417 e. The van der Waals surface area contributed by atoms with Gasteiger partial charge in [-0.2, -0.15) is 4.31 Å². The van der Waals surface area contributed by atoms with Crippen molar-refractivity contribution in [1.82, 2.24) is 9.21 Å². The summed E-state index contributed by atoms with van der Waals surface area (Å²) in [5.41, 5.74) is 0. The topological polar surface area (TPSA) is 84.0 Å². The molecule has 0 saturated carbocycles. The minimum atomic E-state index is -3.81. The number of amides is 2. The number of cyclic esters (lactones) is 1. The molecule has 0 spiro atoms. The quantitative estimate of drug-likeness (QED) is 0.794. The molecule has 0 aliphatic carbocycles. The number of ether oxygens (including phenoxy) is 1. The first kappa shape index (κ1) is 16.5. The van der Waals surface area contributed by atoms with Crippen LogP contribution >= 0.6 is 23.2 Å². The molecule has 2 aliphatic rings. The fourth-order valence-electron chi connectivity index (χ4n) is 2.51. The Morgan fingerprint density at radius 2 is 1.78 bits per heavy atom. The van der Waals surface area contributed by atoms with Gasteiger partial charge in [0.25, 0.3) is 5.91 Å². The summed E-state index contributed by atoms with van der Waals surface area (Å²) in [5, 5.41) is 0.110. The molecule has 0 N–H and O–H groups in total. The van der Waals surface area contributed by atoms with Crippen molar-refractivity contribution in [2.24, 2.45) is 5.92 Å². The largest absolute Gasteiger partial charge is 0.439 e. The zero-order valence-electron chi connectivity index (χ0n) is 11.7. The molecule has 1 aromatic carbocycles. The Morgan fingerprint density at radius 1 is 1.17 bits per heavy atom. The van der Waals surface area contributed by atoms with E-state index in [-0.39, 0.29) is 47.1 Å². The van der Waals surface area contributed by atoms with Crippen LogP contribution in [0.2, 0.25) is 10.0 Å². The van der Waals surface area contributed by atoms with Crippen LogP contribution in [0.5, 0.6) is 0 Å². The summed E-state index contributed by atoms with van der Waals surface area (Å²) in [5.74, 6) is -0.550. The zero-order chi connectivity index (χ0) is 16.8. The maximum absolute atomic E-state index is 12.6. The highest BCUT2D eigenvalue weighted by atomic mass is 35.5. The molecule has 7 nitrogen and oxygen atoms in total. The Morgan fingerprint density at radius 3 is 2.30 bits per heavy atom. The van der Waals surface area contributed by atoms with Gasteiger partial charge in [-0.15, -0.1) is 0 Å². The number of halogens is 2. The van der Waals surface area contributed by atoms with Gasteiger partial charge in [0.05, 0.1) is 10.0 Å². The van der Waals surface area contributed by atoms with Crippen LogP contribution in [0.4, 0.5) is 4.79 Å². The lowest BCUT2D eigenvalue weighted by molar-refractivity contribution is -0.126. The molecule has 0 bridgehead atoms. The highest BCUT2D eigenvalue weighted by Crippen LogP contribution is 2.34. The van der Waals surface area contributed by atoms with Gasteiger partial charge < -0.3 is 4.74 Å². The monoisotopic (exact) mass is 378 g/mol. The van der Waals surface area contributed by atoms with Crippen molar-refractivity contribution in [2.45, 2.75) is 4.90 Å². The third kappa shape index (κ3) is 2.91. The molecule has 2 saturated heterocycles. The second kappa shape index (κ2) is 5.94. The lowest BCUT2D eigenvalue weighted by atomic mass is 10.0. The predicted octanol–water partition coefficient (Wildman–Crippen LogP) is 1.59. The highest BCUT2D eigenvalue weighted by molar-refractivity contribution is 7.89. The molecule has 10 heteroatoms. The van der Waals surface area contributed by atoms with Crippen molar-refractivity contribution >= 4 is 45.2 Å². The van der Waals surface area contributed by atoms with Gasteiger partial charge in [0, 0.05) is 25.6 Å².